The number of hydrogen-bond acceptors (Lipinski definition) is 2. The molecule has 3 nitrogen and oxygen atoms in total. The summed E-state index contributed by atoms with van der Waals surface area (Å²) >= 11 is 0. The molecule has 0 bridgehead atoms. The Morgan fingerprint density at radius 2 is 1.43 bits per heavy atom. The van der Waals surface area contributed by atoms with Crippen molar-refractivity contribution < 1.29 is 9.31 Å². The Morgan fingerprint density at radius 1 is 0.786 bits per heavy atom. The molecule has 1 aliphatic heterocycles. The molecule has 0 amide bonds. The van der Waals surface area contributed by atoms with Crippen molar-refractivity contribution in [1.82, 2.24) is 4.40 Å². The fourth-order valence-corrected chi connectivity index (χ4v) is 4.60. The van der Waals surface area contributed by atoms with Crippen LogP contribution < -0.4 is 5.46 Å². The second kappa shape index (κ2) is 5.08. The van der Waals surface area contributed by atoms with Gasteiger partial charge in [0.1, 0.15) is 0 Å². The summed E-state index contributed by atoms with van der Waals surface area (Å²) in [6, 6.07) is 19.6. The van der Waals surface area contributed by atoms with Crippen LogP contribution in [0.15, 0.2) is 60.8 Å². The van der Waals surface area contributed by atoms with Gasteiger partial charge in [-0.3, -0.25) is 0 Å². The maximum Gasteiger partial charge on any atom is 0.497 e. The molecule has 3 heterocycles. The lowest BCUT2D eigenvalue weighted by Gasteiger charge is -2.32. The SMILES string of the molecule is CC1(C)OB(c2cn3c4ccccc4c4c5ccccc5cc2c43)OC1(C)C. The highest BCUT2D eigenvalue weighted by molar-refractivity contribution is 6.65. The van der Waals surface area contributed by atoms with Gasteiger partial charge in [0.15, 0.2) is 0 Å². The molecule has 1 fully saturated rings. The van der Waals surface area contributed by atoms with E-state index in [-0.39, 0.29) is 18.3 Å². The van der Waals surface area contributed by atoms with Crippen LogP contribution in [-0.2, 0) is 9.31 Å². The quantitative estimate of drug-likeness (QED) is 0.383. The van der Waals surface area contributed by atoms with Crippen molar-refractivity contribution in [3.05, 3.63) is 60.8 Å². The third-order valence-corrected chi connectivity index (χ3v) is 6.78. The van der Waals surface area contributed by atoms with Crippen LogP contribution in [0.2, 0.25) is 0 Å². The van der Waals surface area contributed by atoms with E-state index >= 15 is 0 Å². The van der Waals surface area contributed by atoms with Crippen LogP contribution in [0.25, 0.3) is 38.0 Å². The van der Waals surface area contributed by atoms with Gasteiger partial charge >= 0.3 is 7.12 Å². The minimum atomic E-state index is -0.368. The Hall–Kier alpha value is -2.56. The van der Waals surface area contributed by atoms with Gasteiger partial charge in [-0.15, -0.1) is 0 Å². The monoisotopic (exact) mass is 367 g/mol. The zero-order chi connectivity index (χ0) is 19.3. The number of nitrogens with zero attached hydrogens (tertiary/aromatic N) is 1. The third-order valence-electron chi connectivity index (χ3n) is 6.78. The fraction of sp³-hybridized carbons (Fsp3) is 0.250. The summed E-state index contributed by atoms with van der Waals surface area (Å²) in [6.07, 6.45) is 2.21. The molecule has 1 saturated heterocycles. The van der Waals surface area contributed by atoms with Gasteiger partial charge in [0.05, 0.1) is 22.2 Å². The predicted octanol–water partition coefficient (Wildman–Crippen LogP) is 5.14. The van der Waals surface area contributed by atoms with E-state index in [4.69, 9.17) is 9.31 Å². The predicted molar refractivity (Wildman–Crippen MR) is 117 cm³/mol. The summed E-state index contributed by atoms with van der Waals surface area (Å²) in [5.74, 6) is 0. The van der Waals surface area contributed by atoms with E-state index in [0.717, 1.165) is 5.46 Å². The number of para-hydroxylation sites is 1. The summed E-state index contributed by atoms with van der Waals surface area (Å²) in [5.41, 5.74) is 2.88. The highest BCUT2D eigenvalue weighted by Crippen LogP contribution is 2.40. The summed E-state index contributed by atoms with van der Waals surface area (Å²) in [6.45, 7) is 8.42. The van der Waals surface area contributed by atoms with E-state index in [1.54, 1.807) is 0 Å². The number of hydrogen-bond donors (Lipinski definition) is 0. The Balaban J connectivity index is 1.74. The molecule has 28 heavy (non-hydrogen) atoms. The van der Waals surface area contributed by atoms with Gasteiger partial charge < -0.3 is 13.7 Å². The number of fused-ring (bicyclic) bond motifs is 5. The number of aromatic nitrogens is 1. The summed E-state index contributed by atoms with van der Waals surface area (Å²) in [4.78, 5) is 0. The number of benzene rings is 3. The molecule has 0 aliphatic carbocycles. The first-order valence-electron chi connectivity index (χ1n) is 9.89. The number of rotatable bonds is 1. The highest BCUT2D eigenvalue weighted by atomic mass is 16.7. The minimum Gasteiger partial charge on any atom is -0.399 e. The van der Waals surface area contributed by atoms with Crippen molar-refractivity contribution in [3.8, 4) is 0 Å². The minimum absolute atomic E-state index is 0.353. The molecule has 0 N–H and O–H groups in total. The fourth-order valence-electron chi connectivity index (χ4n) is 4.60. The standard InChI is InChI=1S/C24H22BNO2/c1-23(2)24(3,4)28-25(27-23)19-14-26-20-12-8-7-11-17(20)21-16-10-6-5-9-15(16)13-18(19)22(21)26/h5-14H,1-4H3. The van der Waals surface area contributed by atoms with E-state index in [9.17, 15) is 0 Å². The summed E-state index contributed by atoms with van der Waals surface area (Å²) in [7, 11) is -0.368. The lowest BCUT2D eigenvalue weighted by Crippen LogP contribution is -2.41. The summed E-state index contributed by atoms with van der Waals surface area (Å²) < 4.78 is 15.1. The van der Waals surface area contributed by atoms with E-state index in [1.165, 1.54) is 38.0 Å². The van der Waals surface area contributed by atoms with Gasteiger partial charge in [0.2, 0.25) is 0 Å². The highest BCUT2D eigenvalue weighted by Gasteiger charge is 2.52. The Morgan fingerprint density at radius 3 is 2.18 bits per heavy atom. The Bertz CT molecular complexity index is 1350. The Labute approximate surface area is 164 Å². The van der Waals surface area contributed by atoms with Crippen molar-refractivity contribution in [2.75, 3.05) is 0 Å². The molecule has 1 aliphatic rings. The van der Waals surface area contributed by atoms with Crippen LogP contribution in [-0.4, -0.2) is 22.7 Å². The van der Waals surface area contributed by atoms with Crippen LogP contribution >= 0.6 is 0 Å². The van der Waals surface area contributed by atoms with Crippen molar-refractivity contribution in [1.29, 1.82) is 0 Å². The van der Waals surface area contributed by atoms with E-state index in [2.05, 4.69) is 92.9 Å². The van der Waals surface area contributed by atoms with Gasteiger partial charge in [0, 0.05) is 27.8 Å². The van der Waals surface area contributed by atoms with E-state index < -0.39 is 0 Å². The molecule has 5 aromatic rings. The largest absolute Gasteiger partial charge is 0.497 e. The smallest absolute Gasteiger partial charge is 0.399 e. The van der Waals surface area contributed by atoms with Crippen LogP contribution in [0.1, 0.15) is 27.7 Å². The first-order valence-corrected chi connectivity index (χ1v) is 9.89. The van der Waals surface area contributed by atoms with E-state index in [0.29, 0.717) is 0 Å². The van der Waals surface area contributed by atoms with Crippen LogP contribution in [0.5, 0.6) is 0 Å². The van der Waals surface area contributed by atoms with Crippen molar-refractivity contribution >= 4 is 50.5 Å². The lowest BCUT2D eigenvalue weighted by atomic mass is 9.78. The normalized spacial score (nSPS) is 18.9. The molecule has 0 spiro atoms. The average molecular weight is 367 g/mol. The maximum absolute atomic E-state index is 6.40. The van der Waals surface area contributed by atoms with Gasteiger partial charge in [-0.2, -0.15) is 0 Å². The topological polar surface area (TPSA) is 22.9 Å². The van der Waals surface area contributed by atoms with Gasteiger partial charge in [0.25, 0.3) is 0 Å². The molecule has 138 valence electrons. The molecular weight excluding hydrogens is 345 g/mol. The zero-order valence-electron chi connectivity index (χ0n) is 16.6. The molecule has 0 atom stereocenters. The molecule has 3 aromatic carbocycles. The molecule has 0 unspecified atom stereocenters. The van der Waals surface area contributed by atoms with E-state index in [1.807, 2.05) is 0 Å². The van der Waals surface area contributed by atoms with Crippen LogP contribution in [0.4, 0.5) is 0 Å². The first kappa shape index (κ1) is 16.4. The zero-order valence-corrected chi connectivity index (χ0v) is 16.6. The lowest BCUT2D eigenvalue weighted by molar-refractivity contribution is 0.00578. The second-order valence-corrected chi connectivity index (χ2v) is 8.93. The van der Waals surface area contributed by atoms with Crippen molar-refractivity contribution in [2.24, 2.45) is 0 Å². The Kier molecular flexibility index (Phi) is 2.97. The average Bonchev–Trinajstić information content (AvgIpc) is 3.26. The van der Waals surface area contributed by atoms with Crippen LogP contribution in [0.3, 0.4) is 0 Å². The van der Waals surface area contributed by atoms with Crippen molar-refractivity contribution in [2.45, 2.75) is 38.9 Å². The second-order valence-electron chi connectivity index (χ2n) is 8.93. The molecule has 4 heteroatoms. The van der Waals surface area contributed by atoms with Gasteiger partial charge in [-0.05, 0) is 50.6 Å². The first-order chi connectivity index (χ1) is 13.4. The molecule has 6 rings (SSSR count). The molecule has 0 saturated carbocycles. The maximum atomic E-state index is 6.40. The molecule has 2 aromatic heterocycles. The van der Waals surface area contributed by atoms with Crippen molar-refractivity contribution in [3.63, 3.8) is 0 Å². The molecule has 0 radical (unpaired) electrons. The van der Waals surface area contributed by atoms with Gasteiger partial charge in [-0.25, -0.2) is 0 Å². The third kappa shape index (κ3) is 1.92. The molecular formula is C24H22BNO2. The summed E-state index contributed by atoms with van der Waals surface area (Å²) in [5, 5.41) is 6.35. The van der Waals surface area contributed by atoms with Crippen LogP contribution in [0, 0.1) is 0 Å². The van der Waals surface area contributed by atoms with Gasteiger partial charge in [-0.1, -0.05) is 42.5 Å².